The molecule has 1 atom stereocenters. The summed E-state index contributed by atoms with van der Waals surface area (Å²) in [7, 11) is -4.09. The predicted molar refractivity (Wildman–Crippen MR) is 102 cm³/mol. The van der Waals surface area contributed by atoms with Gasteiger partial charge in [0.25, 0.3) is 21.3 Å². The quantitative estimate of drug-likeness (QED) is 0.610. The minimum absolute atomic E-state index is 0.0346. The second-order valence-electron chi connectivity index (χ2n) is 5.72. The van der Waals surface area contributed by atoms with E-state index >= 15 is 0 Å². The van der Waals surface area contributed by atoms with Crippen LogP contribution in [0.4, 0.5) is 10.1 Å². The lowest BCUT2D eigenvalue weighted by molar-refractivity contribution is 0.570. The first-order valence-electron chi connectivity index (χ1n) is 8.70. The molecule has 1 heterocycles. The second-order valence-corrected chi connectivity index (χ2v) is 8.27. The van der Waals surface area contributed by atoms with E-state index in [1.807, 2.05) is 0 Å². The molecule has 0 fully saturated rings. The average Bonchev–Trinajstić information content (AvgIpc) is 3.07. The van der Waals surface area contributed by atoms with Gasteiger partial charge in [-0.2, -0.15) is 0 Å². The number of hydrogen-bond donors (Lipinski definition) is 2. The van der Waals surface area contributed by atoms with Crippen molar-refractivity contribution < 1.29 is 24.3 Å². The Morgan fingerprint density at radius 1 is 1.22 bits per heavy atom. The molecule has 0 radical (unpaired) electrons. The average molecular weight is 410 g/mol. The van der Waals surface area contributed by atoms with E-state index in [-0.39, 0.29) is 21.7 Å². The Balaban J connectivity index is 2.16. The number of benzene rings is 2. The summed E-state index contributed by atoms with van der Waals surface area (Å²) in [6.07, 6.45) is -0.330. The van der Waals surface area contributed by atoms with Crippen molar-refractivity contribution >= 4 is 27.0 Å². The molecule has 0 aliphatic rings. The van der Waals surface area contributed by atoms with Crippen molar-refractivity contribution in [3.8, 4) is 0 Å². The van der Waals surface area contributed by atoms with Crippen LogP contribution in [0, 0.1) is 12.7 Å². The van der Waals surface area contributed by atoms with Gasteiger partial charge in [-0.1, -0.05) is 29.8 Å². The van der Waals surface area contributed by atoms with E-state index < -0.39 is 33.5 Å². The third-order valence-corrected chi connectivity index (χ3v) is 5.73. The molecule has 2 N–H and O–H groups in total. The number of anilines is 1. The highest BCUT2D eigenvalue weighted by Gasteiger charge is 2.20. The Bertz CT molecular complexity index is 1180. The second kappa shape index (κ2) is 7.63. The standard InChI is InChI=1S/C18H17FN2O4S2/c1-13-5-7-17(8-6-13)27(24,25)21-11-15(18(12-21)20-26(22)23)9-14-3-2-4-16(19)10-14/h2-8,10-12,20H,9H2,1H3,(H,22,23)/i9D2. The lowest BCUT2D eigenvalue weighted by atomic mass is 10.1. The molecule has 9 heteroatoms. The van der Waals surface area contributed by atoms with Gasteiger partial charge in [-0.05, 0) is 42.3 Å². The topological polar surface area (TPSA) is 88.4 Å². The van der Waals surface area contributed by atoms with Crippen LogP contribution in [0.2, 0.25) is 0 Å². The van der Waals surface area contributed by atoms with Crippen molar-refractivity contribution in [3.05, 3.63) is 83.4 Å². The van der Waals surface area contributed by atoms with Crippen molar-refractivity contribution in [3.63, 3.8) is 0 Å². The van der Waals surface area contributed by atoms with E-state index in [0.29, 0.717) is 0 Å². The van der Waals surface area contributed by atoms with Crippen LogP contribution in [-0.2, 0) is 27.7 Å². The maximum Gasteiger partial charge on any atom is 0.267 e. The first kappa shape index (κ1) is 16.7. The summed E-state index contributed by atoms with van der Waals surface area (Å²) >= 11 is -2.58. The minimum atomic E-state index is -4.09. The summed E-state index contributed by atoms with van der Waals surface area (Å²) in [6.45, 7) is 1.80. The highest BCUT2D eigenvalue weighted by atomic mass is 32.2. The van der Waals surface area contributed by atoms with Gasteiger partial charge in [-0.15, -0.1) is 0 Å². The van der Waals surface area contributed by atoms with Gasteiger partial charge in [0.05, 0.1) is 10.6 Å². The lowest BCUT2D eigenvalue weighted by Crippen LogP contribution is -2.11. The van der Waals surface area contributed by atoms with Gasteiger partial charge in [-0.3, -0.25) is 9.27 Å². The summed E-state index contributed by atoms with van der Waals surface area (Å²) in [5.74, 6) is -0.668. The third kappa shape index (κ3) is 4.44. The number of hydrogen-bond acceptors (Lipinski definition) is 3. The zero-order valence-electron chi connectivity index (χ0n) is 16.1. The van der Waals surface area contributed by atoms with Crippen LogP contribution >= 0.6 is 0 Å². The van der Waals surface area contributed by atoms with Crippen LogP contribution < -0.4 is 4.72 Å². The number of nitrogens with one attached hydrogen (secondary N) is 1. The number of halogens is 1. The summed E-state index contributed by atoms with van der Waals surface area (Å²) in [5, 5.41) is 0. The van der Waals surface area contributed by atoms with Crippen molar-refractivity contribution in [2.24, 2.45) is 0 Å². The molecule has 0 saturated heterocycles. The SMILES string of the molecule is [2H]C([2H])(c1cccc(F)c1)c1cn(S(=O)(=O)c2ccc(C)cc2)cc1NS(=O)O. The molecule has 0 bridgehead atoms. The van der Waals surface area contributed by atoms with Crippen LogP contribution in [0.5, 0.6) is 0 Å². The van der Waals surface area contributed by atoms with Crippen molar-refractivity contribution in [1.29, 1.82) is 0 Å². The maximum atomic E-state index is 13.6. The summed E-state index contributed by atoms with van der Waals surface area (Å²) in [5.41, 5.74) is 0.337. The largest absolute Gasteiger partial charge is 0.289 e. The van der Waals surface area contributed by atoms with Gasteiger partial charge in [0, 0.05) is 21.5 Å². The van der Waals surface area contributed by atoms with E-state index in [0.717, 1.165) is 34.1 Å². The van der Waals surface area contributed by atoms with Gasteiger partial charge in [0.2, 0.25) is 0 Å². The van der Waals surface area contributed by atoms with E-state index in [4.69, 9.17) is 2.74 Å². The maximum absolute atomic E-state index is 13.6. The highest BCUT2D eigenvalue weighted by Crippen LogP contribution is 2.25. The van der Waals surface area contributed by atoms with Gasteiger partial charge in [0.15, 0.2) is 0 Å². The number of aryl methyl sites for hydroxylation is 1. The Morgan fingerprint density at radius 3 is 2.56 bits per heavy atom. The first-order chi connectivity index (χ1) is 13.5. The van der Waals surface area contributed by atoms with Gasteiger partial charge in [-0.25, -0.2) is 21.0 Å². The molecule has 0 amide bonds. The molecule has 27 heavy (non-hydrogen) atoms. The van der Waals surface area contributed by atoms with Gasteiger partial charge < -0.3 is 0 Å². The van der Waals surface area contributed by atoms with Crippen LogP contribution in [0.3, 0.4) is 0 Å². The predicted octanol–water partition coefficient (Wildman–Crippen LogP) is 3.31. The molecule has 3 aromatic rings. The van der Waals surface area contributed by atoms with Crippen LogP contribution in [0.25, 0.3) is 0 Å². The first-order valence-corrected chi connectivity index (χ1v) is 10.2. The molecular weight excluding hydrogens is 391 g/mol. The fourth-order valence-electron chi connectivity index (χ4n) is 2.40. The van der Waals surface area contributed by atoms with Crippen LogP contribution in [0.1, 0.15) is 19.4 Å². The molecular formula is C18H17FN2O4S2. The molecule has 2 aromatic carbocycles. The fourth-order valence-corrected chi connectivity index (χ4v) is 3.96. The van der Waals surface area contributed by atoms with E-state index in [9.17, 15) is 21.6 Å². The molecule has 0 aliphatic carbocycles. The normalized spacial score (nSPS) is 14.3. The fraction of sp³-hybridized carbons (Fsp3) is 0.111. The molecule has 0 saturated carbocycles. The lowest BCUT2D eigenvalue weighted by Gasteiger charge is -2.05. The van der Waals surface area contributed by atoms with E-state index in [1.54, 1.807) is 19.1 Å². The molecule has 1 unspecified atom stereocenters. The summed E-state index contributed by atoms with van der Waals surface area (Å²) < 4.78 is 79.6. The number of aromatic nitrogens is 1. The third-order valence-electron chi connectivity index (χ3n) is 3.70. The van der Waals surface area contributed by atoms with E-state index in [1.165, 1.54) is 24.3 Å². The van der Waals surface area contributed by atoms with Crippen LogP contribution in [-0.4, -0.2) is 21.2 Å². The number of rotatable bonds is 6. The smallest absolute Gasteiger partial charge is 0.267 e. The molecule has 3 rings (SSSR count). The molecule has 0 aliphatic heterocycles. The Labute approximate surface area is 161 Å². The minimum Gasteiger partial charge on any atom is -0.289 e. The molecule has 0 spiro atoms. The zero-order valence-corrected chi connectivity index (χ0v) is 15.7. The van der Waals surface area contributed by atoms with Crippen molar-refractivity contribution in [2.75, 3.05) is 4.72 Å². The zero-order chi connectivity index (χ0) is 21.4. The van der Waals surface area contributed by atoms with Crippen molar-refractivity contribution in [1.82, 2.24) is 3.97 Å². The Hall–Kier alpha value is -2.49. The Morgan fingerprint density at radius 2 is 1.93 bits per heavy atom. The summed E-state index contributed by atoms with van der Waals surface area (Å²) in [6, 6.07) is 10.8. The molecule has 6 nitrogen and oxygen atoms in total. The van der Waals surface area contributed by atoms with E-state index in [2.05, 4.69) is 4.72 Å². The molecule has 1 aromatic heterocycles. The molecule has 142 valence electrons. The van der Waals surface area contributed by atoms with Crippen molar-refractivity contribution in [2.45, 2.75) is 18.2 Å². The van der Waals surface area contributed by atoms with Gasteiger partial charge in [0.1, 0.15) is 5.82 Å². The number of nitrogens with zero attached hydrogens (tertiary/aromatic N) is 1. The Kier molecular flexibility index (Phi) is 4.71. The van der Waals surface area contributed by atoms with Crippen LogP contribution in [0.15, 0.2) is 65.8 Å². The van der Waals surface area contributed by atoms with Gasteiger partial charge >= 0.3 is 0 Å². The monoisotopic (exact) mass is 410 g/mol. The summed E-state index contributed by atoms with van der Waals surface area (Å²) in [4.78, 5) is -0.0346. The highest BCUT2D eigenvalue weighted by molar-refractivity contribution is 7.90.